The summed E-state index contributed by atoms with van der Waals surface area (Å²) in [5.74, 6) is -0.376. The Kier molecular flexibility index (Phi) is 4.27. The number of hydrogen-bond donors (Lipinski definition) is 1. The number of carbonyl (C=O) groups is 1. The zero-order valence-electron chi connectivity index (χ0n) is 13.0. The van der Waals surface area contributed by atoms with Crippen molar-refractivity contribution in [3.8, 4) is 6.01 Å². The predicted molar refractivity (Wildman–Crippen MR) is 84.4 cm³/mol. The van der Waals surface area contributed by atoms with Crippen molar-refractivity contribution in [2.45, 2.75) is 26.5 Å². The summed E-state index contributed by atoms with van der Waals surface area (Å²) in [6.45, 7) is 4.76. The number of nitrogens with zero attached hydrogens (tertiary/aromatic N) is 3. The minimum atomic E-state index is -0.376. The Hall–Kier alpha value is -2.83. The topological polar surface area (TPSA) is 82.0 Å². The number of H-pyrrole nitrogens is 1. The minimum absolute atomic E-state index is 0.279. The molecule has 1 atom stereocenters. The van der Waals surface area contributed by atoms with Crippen molar-refractivity contribution < 1.29 is 14.3 Å². The van der Waals surface area contributed by atoms with Crippen molar-refractivity contribution in [3.05, 3.63) is 42.2 Å². The Morgan fingerprint density at radius 2 is 2.30 bits per heavy atom. The first-order valence-corrected chi connectivity index (χ1v) is 7.46. The molecule has 7 heteroatoms. The van der Waals surface area contributed by atoms with Gasteiger partial charge in [-0.15, -0.1) is 0 Å². The Morgan fingerprint density at radius 1 is 1.43 bits per heavy atom. The monoisotopic (exact) mass is 314 g/mol. The number of aromatic amines is 1. The van der Waals surface area contributed by atoms with Crippen molar-refractivity contribution in [2.24, 2.45) is 0 Å². The van der Waals surface area contributed by atoms with Gasteiger partial charge in [-0.05, 0) is 38.1 Å². The molecule has 0 bridgehead atoms. The van der Waals surface area contributed by atoms with Crippen LogP contribution in [0.5, 0.6) is 6.01 Å². The number of aromatic nitrogens is 4. The summed E-state index contributed by atoms with van der Waals surface area (Å²) < 4.78 is 12.5. The third-order valence-electron chi connectivity index (χ3n) is 3.29. The molecule has 0 fully saturated rings. The average Bonchev–Trinajstić information content (AvgIpc) is 3.15. The molecule has 120 valence electrons. The van der Waals surface area contributed by atoms with E-state index in [0.717, 1.165) is 11.0 Å². The summed E-state index contributed by atoms with van der Waals surface area (Å²) in [6.07, 6.45) is 3.24. The molecule has 7 nitrogen and oxygen atoms in total. The summed E-state index contributed by atoms with van der Waals surface area (Å²) in [5.41, 5.74) is 1.95. The standard InChI is InChI=1S/C16H18N4O3/c1-3-22-16-18-13-6-5-12(9-14(13)19-16)15(21)23-11(2)10-20-8-4-7-17-20/h4-9,11H,3,10H2,1-2H3,(H,18,19)/t11-/m0/s1. The van der Waals surface area contributed by atoms with Crippen LogP contribution in [0, 0.1) is 0 Å². The van der Waals surface area contributed by atoms with Crippen LogP contribution in [-0.4, -0.2) is 38.4 Å². The van der Waals surface area contributed by atoms with Gasteiger partial charge in [0.2, 0.25) is 0 Å². The quantitative estimate of drug-likeness (QED) is 0.707. The number of rotatable bonds is 6. The van der Waals surface area contributed by atoms with Crippen LogP contribution in [0.1, 0.15) is 24.2 Å². The number of ether oxygens (including phenoxy) is 2. The number of nitrogens with one attached hydrogen (secondary N) is 1. The number of carbonyl (C=O) groups excluding carboxylic acids is 1. The lowest BCUT2D eigenvalue weighted by atomic mass is 10.2. The fraction of sp³-hybridized carbons (Fsp3) is 0.312. The summed E-state index contributed by atoms with van der Waals surface area (Å²) in [7, 11) is 0. The number of fused-ring (bicyclic) bond motifs is 1. The first-order valence-electron chi connectivity index (χ1n) is 7.46. The second-order valence-corrected chi connectivity index (χ2v) is 5.15. The highest BCUT2D eigenvalue weighted by molar-refractivity contribution is 5.93. The van der Waals surface area contributed by atoms with E-state index in [-0.39, 0.29) is 12.1 Å². The van der Waals surface area contributed by atoms with Gasteiger partial charge in [0.25, 0.3) is 6.01 Å². The highest BCUT2D eigenvalue weighted by Gasteiger charge is 2.14. The van der Waals surface area contributed by atoms with Crippen molar-refractivity contribution in [1.82, 2.24) is 19.7 Å². The molecule has 3 rings (SSSR count). The van der Waals surface area contributed by atoms with E-state index in [2.05, 4.69) is 15.1 Å². The van der Waals surface area contributed by atoms with Crippen LogP contribution in [0.4, 0.5) is 0 Å². The number of imidazole rings is 1. The normalized spacial score (nSPS) is 12.3. The molecule has 2 heterocycles. The van der Waals surface area contributed by atoms with Crippen molar-refractivity contribution in [2.75, 3.05) is 6.61 Å². The SMILES string of the molecule is CCOc1nc2ccc(C(=O)O[C@@H](C)Cn3cccn3)cc2[nH]1. The van der Waals surface area contributed by atoms with Crippen LogP contribution in [0.3, 0.4) is 0 Å². The van der Waals surface area contributed by atoms with Gasteiger partial charge in [-0.25, -0.2) is 4.79 Å². The van der Waals surface area contributed by atoms with Gasteiger partial charge in [0.15, 0.2) is 0 Å². The Bertz CT molecular complexity index is 795. The Labute approximate surface area is 133 Å². The maximum atomic E-state index is 12.2. The molecule has 0 radical (unpaired) electrons. The van der Waals surface area contributed by atoms with Crippen LogP contribution < -0.4 is 4.74 Å². The summed E-state index contributed by atoms with van der Waals surface area (Å²) in [4.78, 5) is 19.5. The lowest BCUT2D eigenvalue weighted by Crippen LogP contribution is -2.21. The van der Waals surface area contributed by atoms with Gasteiger partial charge in [0.1, 0.15) is 6.10 Å². The summed E-state index contributed by atoms with van der Waals surface area (Å²) in [6, 6.07) is 7.45. The number of esters is 1. The molecule has 0 unspecified atom stereocenters. The van der Waals surface area contributed by atoms with E-state index in [1.807, 2.05) is 26.1 Å². The smallest absolute Gasteiger partial charge is 0.338 e. The van der Waals surface area contributed by atoms with Crippen LogP contribution in [0.15, 0.2) is 36.7 Å². The van der Waals surface area contributed by atoms with E-state index in [1.165, 1.54) is 0 Å². The fourth-order valence-electron chi connectivity index (χ4n) is 2.28. The van der Waals surface area contributed by atoms with E-state index < -0.39 is 0 Å². The summed E-state index contributed by atoms with van der Waals surface area (Å²) >= 11 is 0. The van der Waals surface area contributed by atoms with E-state index >= 15 is 0 Å². The number of hydrogen-bond acceptors (Lipinski definition) is 5. The molecule has 1 N–H and O–H groups in total. The largest absolute Gasteiger partial charge is 0.465 e. The molecule has 23 heavy (non-hydrogen) atoms. The highest BCUT2D eigenvalue weighted by atomic mass is 16.5. The number of benzene rings is 1. The second kappa shape index (κ2) is 6.51. The van der Waals surface area contributed by atoms with Crippen LogP contribution in [-0.2, 0) is 11.3 Å². The third kappa shape index (κ3) is 3.50. The molecule has 0 amide bonds. The zero-order valence-corrected chi connectivity index (χ0v) is 13.0. The maximum absolute atomic E-state index is 12.2. The molecule has 0 aliphatic rings. The van der Waals surface area contributed by atoms with Gasteiger partial charge in [-0.2, -0.15) is 10.1 Å². The van der Waals surface area contributed by atoms with Gasteiger partial charge in [-0.3, -0.25) is 4.68 Å². The molecule has 0 spiro atoms. The van der Waals surface area contributed by atoms with Gasteiger partial charge in [0.05, 0.1) is 29.7 Å². The van der Waals surface area contributed by atoms with E-state index in [4.69, 9.17) is 9.47 Å². The molecule has 2 aromatic heterocycles. The first-order chi connectivity index (χ1) is 11.2. The molecule has 0 saturated carbocycles. The van der Waals surface area contributed by atoms with E-state index in [0.29, 0.717) is 24.7 Å². The second-order valence-electron chi connectivity index (χ2n) is 5.15. The van der Waals surface area contributed by atoms with Crippen molar-refractivity contribution >= 4 is 17.0 Å². The van der Waals surface area contributed by atoms with Gasteiger partial charge in [-0.1, -0.05) is 0 Å². The summed E-state index contributed by atoms with van der Waals surface area (Å²) in [5, 5.41) is 4.10. The zero-order chi connectivity index (χ0) is 16.2. The minimum Gasteiger partial charge on any atom is -0.465 e. The molecule has 0 aliphatic carbocycles. The fourth-order valence-corrected chi connectivity index (χ4v) is 2.28. The molecule has 1 aromatic carbocycles. The van der Waals surface area contributed by atoms with Gasteiger partial charge < -0.3 is 14.5 Å². The Morgan fingerprint density at radius 3 is 3.04 bits per heavy atom. The van der Waals surface area contributed by atoms with Crippen molar-refractivity contribution in [3.63, 3.8) is 0 Å². The lowest BCUT2D eigenvalue weighted by molar-refractivity contribution is 0.0299. The van der Waals surface area contributed by atoms with Crippen LogP contribution >= 0.6 is 0 Å². The predicted octanol–water partition coefficient (Wildman–Crippen LogP) is 2.40. The highest BCUT2D eigenvalue weighted by Crippen LogP contribution is 2.18. The van der Waals surface area contributed by atoms with Gasteiger partial charge >= 0.3 is 5.97 Å². The van der Waals surface area contributed by atoms with E-state index in [1.54, 1.807) is 29.1 Å². The molecule has 0 saturated heterocycles. The lowest BCUT2D eigenvalue weighted by Gasteiger charge is -2.13. The Balaban J connectivity index is 1.70. The van der Waals surface area contributed by atoms with Crippen LogP contribution in [0.2, 0.25) is 0 Å². The van der Waals surface area contributed by atoms with Crippen molar-refractivity contribution in [1.29, 1.82) is 0 Å². The molecular weight excluding hydrogens is 296 g/mol. The molecule has 0 aliphatic heterocycles. The molecular formula is C16H18N4O3. The first kappa shape index (κ1) is 15.1. The van der Waals surface area contributed by atoms with Gasteiger partial charge in [0, 0.05) is 12.4 Å². The van der Waals surface area contributed by atoms with E-state index in [9.17, 15) is 4.79 Å². The molecule has 3 aromatic rings. The average molecular weight is 314 g/mol. The van der Waals surface area contributed by atoms with Crippen LogP contribution in [0.25, 0.3) is 11.0 Å². The maximum Gasteiger partial charge on any atom is 0.338 e. The third-order valence-corrected chi connectivity index (χ3v) is 3.29.